The standard InChI is InChI=1S/C35H34F2N4O6/c1-44-31-18-25-27(19-32(31)47-30-16-21(30)20-41-12-14-45-15-13-41)38-11-8-28(25)46-29-7-6-24(17-26(29)37)40-34(43)35(9-10-35)33(42)39-23-4-2-22(36)3-5-23/h2-8,11,17-19,21,30H,9-10,12-16,20H2,1H3,(H,39,42)(H,40,43). The van der Waals surface area contributed by atoms with Crippen molar-refractivity contribution >= 4 is 34.1 Å². The lowest BCUT2D eigenvalue weighted by molar-refractivity contribution is -0.131. The van der Waals surface area contributed by atoms with Crippen LogP contribution in [0.15, 0.2) is 66.9 Å². The second-order valence-corrected chi connectivity index (χ2v) is 12.1. The molecule has 4 aromatic rings. The van der Waals surface area contributed by atoms with Crippen LogP contribution < -0.4 is 24.8 Å². The van der Waals surface area contributed by atoms with E-state index in [2.05, 4.69) is 20.5 Å². The van der Waals surface area contributed by atoms with Gasteiger partial charge in [0.15, 0.2) is 23.1 Å². The minimum Gasteiger partial charge on any atom is -0.493 e. The fourth-order valence-corrected chi connectivity index (χ4v) is 5.80. The Hall–Kier alpha value is -4.81. The first kappa shape index (κ1) is 30.8. The van der Waals surface area contributed by atoms with Gasteiger partial charge < -0.3 is 29.6 Å². The number of aromatic nitrogens is 1. The molecule has 12 heteroatoms. The molecule has 0 spiro atoms. The van der Waals surface area contributed by atoms with Crippen molar-refractivity contribution in [2.75, 3.05) is 50.6 Å². The number of nitrogens with zero attached hydrogens (tertiary/aromatic N) is 2. The maximum Gasteiger partial charge on any atom is 0.240 e. The summed E-state index contributed by atoms with van der Waals surface area (Å²) in [6.07, 6.45) is 3.32. The summed E-state index contributed by atoms with van der Waals surface area (Å²) in [5.74, 6) is -0.339. The second kappa shape index (κ2) is 12.8. The number of hydrogen-bond donors (Lipinski definition) is 2. The highest BCUT2D eigenvalue weighted by atomic mass is 19.1. The van der Waals surface area contributed by atoms with Gasteiger partial charge in [0.1, 0.15) is 23.1 Å². The maximum absolute atomic E-state index is 15.3. The number of amides is 2. The lowest BCUT2D eigenvalue weighted by atomic mass is 10.0. The fourth-order valence-electron chi connectivity index (χ4n) is 5.80. The average molecular weight is 645 g/mol. The number of benzene rings is 3. The molecule has 1 aromatic heterocycles. The Morgan fingerprint density at radius 3 is 2.34 bits per heavy atom. The van der Waals surface area contributed by atoms with E-state index in [0.29, 0.717) is 52.6 Å². The van der Waals surface area contributed by atoms with Gasteiger partial charge in [0.2, 0.25) is 11.8 Å². The number of fused-ring (bicyclic) bond motifs is 1. The number of rotatable bonds is 11. The van der Waals surface area contributed by atoms with E-state index in [4.69, 9.17) is 18.9 Å². The molecule has 2 unspecified atom stereocenters. The quantitative estimate of drug-likeness (QED) is 0.198. The summed E-state index contributed by atoms with van der Waals surface area (Å²) in [6.45, 7) is 4.37. The van der Waals surface area contributed by atoms with Gasteiger partial charge in [-0.15, -0.1) is 0 Å². The van der Waals surface area contributed by atoms with Crippen molar-refractivity contribution in [3.05, 3.63) is 78.5 Å². The van der Waals surface area contributed by atoms with Gasteiger partial charge in [-0.25, -0.2) is 8.78 Å². The highest BCUT2D eigenvalue weighted by Crippen LogP contribution is 2.48. The summed E-state index contributed by atoms with van der Waals surface area (Å²) in [4.78, 5) is 32.8. The first-order chi connectivity index (χ1) is 22.8. The van der Waals surface area contributed by atoms with Gasteiger partial charge in [-0.1, -0.05) is 0 Å². The zero-order valence-corrected chi connectivity index (χ0v) is 25.8. The minimum absolute atomic E-state index is 0.0612. The number of halogens is 2. The number of carbonyl (C=O) groups excluding carboxylic acids is 2. The first-order valence-corrected chi connectivity index (χ1v) is 15.6. The van der Waals surface area contributed by atoms with Gasteiger partial charge in [-0.3, -0.25) is 19.5 Å². The van der Waals surface area contributed by atoms with Crippen LogP contribution in [0.25, 0.3) is 10.9 Å². The van der Waals surface area contributed by atoms with Crippen LogP contribution in [-0.2, 0) is 14.3 Å². The Morgan fingerprint density at radius 1 is 0.915 bits per heavy atom. The molecule has 2 saturated carbocycles. The van der Waals surface area contributed by atoms with Crippen molar-refractivity contribution < 1.29 is 37.3 Å². The molecule has 0 bridgehead atoms. The molecule has 2 heterocycles. The van der Waals surface area contributed by atoms with Crippen LogP contribution in [0.3, 0.4) is 0 Å². The predicted molar refractivity (Wildman–Crippen MR) is 170 cm³/mol. The van der Waals surface area contributed by atoms with Crippen LogP contribution in [0.1, 0.15) is 19.3 Å². The lowest BCUT2D eigenvalue weighted by Crippen LogP contribution is -2.38. The second-order valence-electron chi connectivity index (χ2n) is 12.1. The van der Waals surface area contributed by atoms with Crippen LogP contribution >= 0.6 is 0 Å². The van der Waals surface area contributed by atoms with E-state index < -0.39 is 28.9 Å². The average Bonchev–Trinajstić information content (AvgIpc) is 4.01. The molecule has 0 radical (unpaired) electrons. The number of hydrogen-bond acceptors (Lipinski definition) is 8. The van der Waals surface area contributed by atoms with Crippen LogP contribution in [0.2, 0.25) is 0 Å². The maximum atomic E-state index is 15.3. The molecule has 1 saturated heterocycles. The van der Waals surface area contributed by atoms with Gasteiger partial charge in [0, 0.05) is 60.6 Å². The van der Waals surface area contributed by atoms with Crippen LogP contribution in [0.5, 0.6) is 23.0 Å². The number of pyridine rings is 1. The normalized spacial score (nSPS) is 19.9. The van der Waals surface area contributed by atoms with E-state index in [9.17, 15) is 14.0 Å². The molecule has 47 heavy (non-hydrogen) atoms. The zero-order chi connectivity index (χ0) is 32.5. The van der Waals surface area contributed by atoms with E-state index >= 15 is 4.39 Å². The molecule has 2 N–H and O–H groups in total. The first-order valence-electron chi connectivity index (χ1n) is 15.6. The van der Waals surface area contributed by atoms with E-state index in [1.54, 1.807) is 31.5 Å². The molecule has 3 fully saturated rings. The highest BCUT2D eigenvalue weighted by molar-refractivity contribution is 6.16. The Balaban J connectivity index is 1.01. The van der Waals surface area contributed by atoms with Crippen LogP contribution in [0.4, 0.5) is 20.2 Å². The largest absolute Gasteiger partial charge is 0.493 e. The van der Waals surface area contributed by atoms with Gasteiger partial charge in [0.05, 0.1) is 25.8 Å². The van der Waals surface area contributed by atoms with E-state index in [-0.39, 0.29) is 17.5 Å². The van der Waals surface area contributed by atoms with Crippen molar-refractivity contribution in [2.24, 2.45) is 11.3 Å². The Kier molecular flexibility index (Phi) is 8.37. The lowest BCUT2D eigenvalue weighted by Gasteiger charge is -2.26. The van der Waals surface area contributed by atoms with E-state index in [0.717, 1.165) is 45.3 Å². The molecule has 244 valence electrons. The monoisotopic (exact) mass is 644 g/mol. The number of ether oxygens (including phenoxy) is 4. The summed E-state index contributed by atoms with van der Waals surface area (Å²) in [6, 6.07) is 14.5. The zero-order valence-electron chi connectivity index (χ0n) is 25.8. The third-order valence-corrected chi connectivity index (χ3v) is 8.85. The Labute approximate surface area is 270 Å². The summed E-state index contributed by atoms with van der Waals surface area (Å²) < 4.78 is 51.9. The Morgan fingerprint density at radius 2 is 1.64 bits per heavy atom. The van der Waals surface area contributed by atoms with Crippen molar-refractivity contribution in [3.63, 3.8) is 0 Å². The van der Waals surface area contributed by atoms with E-state index in [1.807, 2.05) is 0 Å². The van der Waals surface area contributed by atoms with E-state index in [1.165, 1.54) is 36.4 Å². The smallest absolute Gasteiger partial charge is 0.240 e. The van der Waals surface area contributed by atoms with Crippen molar-refractivity contribution in [1.82, 2.24) is 9.88 Å². The molecular weight excluding hydrogens is 610 g/mol. The molecule has 2 amide bonds. The Bertz CT molecular complexity index is 1810. The summed E-state index contributed by atoms with van der Waals surface area (Å²) >= 11 is 0. The molecule has 1 aliphatic heterocycles. The van der Waals surface area contributed by atoms with Gasteiger partial charge in [0.25, 0.3) is 0 Å². The number of methoxy groups -OCH3 is 1. The molecule has 3 aliphatic rings. The third-order valence-electron chi connectivity index (χ3n) is 8.85. The number of anilines is 2. The number of nitrogens with one attached hydrogen (secondary N) is 2. The molecule has 3 aromatic carbocycles. The SMILES string of the molecule is COc1cc2c(Oc3ccc(NC(=O)C4(C(=O)Nc5ccc(F)cc5)CC4)cc3F)ccnc2cc1OC1CC1CN1CCOCC1. The summed E-state index contributed by atoms with van der Waals surface area (Å²) in [5.41, 5.74) is -0.123. The molecule has 7 rings (SSSR count). The molecule has 2 aliphatic carbocycles. The number of carbonyl (C=O) groups is 2. The van der Waals surface area contributed by atoms with Crippen molar-refractivity contribution in [3.8, 4) is 23.0 Å². The molecule has 2 atom stereocenters. The van der Waals surface area contributed by atoms with Crippen LogP contribution in [-0.4, -0.2) is 67.8 Å². The summed E-state index contributed by atoms with van der Waals surface area (Å²) in [7, 11) is 1.56. The van der Waals surface area contributed by atoms with Gasteiger partial charge in [-0.2, -0.15) is 0 Å². The van der Waals surface area contributed by atoms with Gasteiger partial charge >= 0.3 is 0 Å². The van der Waals surface area contributed by atoms with Crippen molar-refractivity contribution in [2.45, 2.75) is 25.4 Å². The predicted octanol–water partition coefficient (Wildman–Crippen LogP) is 5.77. The topological polar surface area (TPSA) is 111 Å². The highest BCUT2D eigenvalue weighted by Gasteiger charge is 2.56. The molecular formula is C35H34F2N4O6. The summed E-state index contributed by atoms with van der Waals surface area (Å²) in [5, 5.41) is 5.91. The van der Waals surface area contributed by atoms with Crippen LogP contribution in [0, 0.1) is 23.0 Å². The van der Waals surface area contributed by atoms with Gasteiger partial charge in [-0.05, 0) is 67.8 Å². The fraction of sp³-hybridized carbons (Fsp3) is 0.343. The minimum atomic E-state index is -1.28. The molecule has 10 nitrogen and oxygen atoms in total. The third kappa shape index (κ3) is 6.70. The van der Waals surface area contributed by atoms with Crippen molar-refractivity contribution in [1.29, 1.82) is 0 Å². The number of morpholine rings is 1.